The number of Topliss-reactive ketones (excluding diaryl/α,β-unsaturated/α-hetero) is 2. The summed E-state index contributed by atoms with van der Waals surface area (Å²) in [6.07, 6.45) is -0.174. The fraction of sp³-hybridized carbons (Fsp3) is 0.182. The maximum atomic E-state index is 11.5. The summed E-state index contributed by atoms with van der Waals surface area (Å²) in [5, 5.41) is 0.113. The topological polar surface area (TPSA) is 77.2 Å². The van der Waals surface area contributed by atoms with Gasteiger partial charge in [0.2, 0.25) is 5.91 Å². The van der Waals surface area contributed by atoms with Crippen LogP contribution in [-0.2, 0) is 4.79 Å². The molecule has 84 valence electrons. The van der Waals surface area contributed by atoms with Crippen molar-refractivity contribution in [1.29, 1.82) is 0 Å². The Bertz CT molecular complexity index is 468. The summed E-state index contributed by atoms with van der Waals surface area (Å²) in [4.78, 5) is 33.1. The van der Waals surface area contributed by atoms with Gasteiger partial charge in [-0.15, -0.1) is 0 Å². The Hall–Kier alpha value is -1.68. The number of halogens is 1. The number of carbonyl (C=O) groups is 3. The van der Waals surface area contributed by atoms with Gasteiger partial charge in [0.05, 0.1) is 17.0 Å². The van der Waals surface area contributed by atoms with Crippen molar-refractivity contribution in [3.63, 3.8) is 0 Å². The van der Waals surface area contributed by atoms with E-state index in [1.807, 2.05) is 0 Å². The minimum atomic E-state index is -0.657. The average Bonchev–Trinajstić information content (AvgIpc) is 2.15. The smallest absolute Gasteiger partial charge is 0.250 e. The molecule has 0 saturated heterocycles. The number of amides is 1. The Morgan fingerprint density at radius 1 is 1.31 bits per heavy atom. The molecule has 4 nitrogen and oxygen atoms in total. The van der Waals surface area contributed by atoms with Gasteiger partial charge in [-0.1, -0.05) is 17.7 Å². The van der Waals surface area contributed by atoms with E-state index in [2.05, 4.69) is 0 Å². The van der Waals surface area contributed by atoms with Gasteiger partial charge in [0, 0.05) is 5.56 Å². The molecule has 0 radical (unpaired) electrons. The van der Waals surface area contributed by atoms with Crippen LogP contribution in [0.5, 0.6) is 0 Å². The van der Waals surface area contributed by atoms with Gasteiger partial charge >= 0.3 is 0 Å². The summed E-state index contributed by atoms with van der Waals surface area (Å²) < 4.78 is 0. The molecule has 0 aliphatic rings. The predicted octanol–water partition coefficient (Wildman–Crippen LogP) is 1.60. The SMILES string of the molecule is CC(=O)CC(=O)c1ccc(C(N)=O)c(Cl)c1. The van der Waals surface area contributed by atoms with E-state index in [0.29, 0.717) is 5.56 Å². The number of carbonyl (C=O) groups excluding carboxylic acids is 3. The highest BCUT2D eigenvalue weighted by molar-refractivity contribution is 6.34. The summed E-state index contributed by atoms with van der Waals surface area (Å²) >= 11 is 5.77. The van der Waals surface area contributed by atoms with E-state index >= 15 is 0 Å². The molecule has 0 fully saturated rings. The molecule has 0 saturated carbocycles. The lowest BCUT2D eigenvalue weighted by atomic mass is 10.0. The molecule has 0 unspecified atom stereocenters. The standard InChI is InChI=1S/C11H10ClNO3/c1-6(14)4-10(15)7-2-3-8(11(13)16)9(12)5-7/h2-3,5H,4H2,1H3,(H2,13,16). The first-order valence-corrected chi connectivity index (χ1v) is 4.91. The Labute approximate surface area is 97.4 Å². The minimum absolute atomic E-state index is 0.113. The molecular weight excluding hydrogens is 230 g/mol. The van der Waals surface area contributed by atoms with E-state index in [9.17, 15) is 14.4 Å². The van der Waals surface area contributed by atoms with E-state index in [4.69, 9.17) is 17.3 Å². The van der Waals surface area contributed by atoms with Gasteiger partial charge in [0.1, 0.15) is 5.78 Å². The quantitative estimate of drug-likeness (QED) is 0.640. The molecule has 5 heteroatoms. The zero-order valence-electron chi connectivity index (χ0n) is 8.62. The molecule has 2 N–H and O–H groups in total. The second-order valence-corrected chi connectivity index (χ2v) is 3.77. The number of rotatable bonds is 4. The maximum Gasteiger partial charge on any atom is 0.250 e. The van der Waals surface area contributed by atoms with Crippen molar-refractivity contribution < 1.29 is 14.4 Å². The Morgan fingerprint density at radius 3 is 2.38 bits per heavy atom. The summed E-state index contributed by atoms with van der Waals surface area (Å²) in [7, 11) is 0. The van der Waals surface area contributed by atoms with Crippen molar-refractivity contribution in [2.45, 2.75) is 13.3 Å². The minimum Gasteiger partial charge on any atom is -0.366 e. The highest BCUT2D eigenvalue weighted by Crippen LogP contribution is 2.18. The molecule has 0 aromatic heterocycles. The Kier molecular flexibility index (Phi) is 3.79. The lowest BCUT2D eigenvalue weighted by molar-refractivity contribution is -0.116. The Morgan fingerprint density at radius 2 is 1.94 bits per heavy atom. The largest absolute Gasteiger partial charge is 0.366 e. The van der Waals surface area contributed by atoms with Crippen LogP contribution in [0.2, 0.25) is 5.02 Å². The van der Waals surface area contributed by atoms with Gasteiger partial charge in [-0.3, -0.25) is 14.4 Å². The number of ketones is 2. The molecule has 0 aliphatic heterocycles. The van der Waals surface area contributed by atoms with Crippen LogP contribution in [0.1, 0.15) is 34.1 Å². The van der Waals surface area contributed by atoms with Gasteiger partial charge in [-0.2, -0.15) is 0 Å². The second-order valence-electron chi connectivity index (χ2n) is 3.36. The van der Waals surface area contributed by atoms with Crippen molar-refractivity contribution in [3.05, 3.63) is 34.3 Å². The molecule has 0 heterocycles. The molecule has 0 bridgehead atoms. The summed E-state index contributed by atoms with van der Waals surface area (Å²) in [6.45, 7) is 1.33. The summed E-state index contributed by atoms with van der Waals surface area (Å²) in [5.41, 5.74) is 5.51. The van der Waals surface area contributed by atoms with Crippen LogP contribution < -0.4 is 5.73 Å². The molecular formula is C11H10ClNO3. The van der Waals surface area contributed by atoms with E-state index in [0.717, 1.165) is 0 Å². The van der Waals surface area contributed by atoms with Crippen LogP contribution in [0.15, 0.2) is 18.2 Å². The lowest BCUT2D eigenvalue weighted by Gasteiger charge is -2.02. The maximum absolute atomic E-state index is 11.5. The van der Waals surface area contributed by atoms with Crippen molar-refractivity contribution in [1.82, 2.24) is 0 Å². The molecule has 1 aromatic rings. The zero-order chi connectivity index (χ0) is 12.3. The molecule has 0 aliphatic carbocycles. The van der Waals surface area contributed by atoms with E-state index in [-0.39, 0.29) is 28.6 Å². The van der Waals surface area contributed by atoms with Crippen LogP contribution >= 0.6 is 11.6 Å². The normalized spacial score (nSPS) is 9.88. The molecule has 16 heavy (non-hydrogen) atoms. The fourth-order valence-electron chi connectivity index (χ4n) is 1.22. The van der Waals surface area contributed by atoms with Gasteiger partial charge < -0.3 is 5.73 Å². The second kappa shape index (κ2) is 4.90. The molecule has 0 atom stereocenters. The molecule has 0 spiro atoms. The number of benzene rings is 1. The number of hydrogen-bond acceptors (Lipinski definition) is 3. The van der Waals surface area contributed by atoms with Crippen molar-refractivity contribution in [2.75, 3.05) is 0 Å². The number of nitrogens with two attached hydrogens (primary N) is 1. The van der Waals surface area contributed by atoms with Crippen molar-refractivity contribution in [3.8, 4) is 0 Å². The average molecular weight is 240 g/mol. The first kappa shape index (κ1) is 12.4. The third-order valence-electron chi connectivity index (χ3n) is 1.97. The Balaban J connectivity index is 3.01. The third-order valence-corrected chi connectivity index (χ3v) is 2.28. The highest BCUT2D eigenvalue weighted by Gasteiger charge is 2.12. The van der Waals surface area contributed by atoms with E-state index < -0.39 is 5.91 Å². The molecule has 1 amide bonds. The van der Waals surface area contributed by atoms with Crippen molar-refractivity contribution in [2.24, 2.45) is 5.73 Å². The predicted molar refractivity (Wildman–Crippen MR) is 59.6 cm³/mol. The van der Waals surface area contributed by atoms with E-state index in [1.165, 1.54) is 25.1 Å². The van der Waals surface area contributed by atoms with Crippen LogP contribution in [0.25, 0.3) is 0 Å². The van der Waals surface area contributed by atoms with Gasteiger partial charge in [0.25, 0.3) is 0 Å². The lowest BCUT2D eigenvalue weighted by Crippen LogP contribution is -2.12. The van der Waals surface area contributed by atoms with Gasteiger partial charge in [0.15, 0.2) is 5.78 Å². The summed E-state index contributed by atoms with van der Waals surface area (Å²) in [5.74, 6) is -1.21. The monoisotopic (exact) mass is 239 g/mol. The van der Waals surface area contributed by atoms with Crippen molar-refractivity contribution >= 4 is 29.1 Å². The highest BCUT2D eigenvalue weighted by atomic mass is 35.5. The van der Waals surface area contributed by atoms with Crippen LogP contribution in [0, 0.1) is 0 Å². The van der Waals surface area contributed by atoms with Crippen LogP contribution in [-0.4, -0.2) is 17.5 Å². The van der Waals surface area contributed by atoms with Crippen LogP contribution in [0.4, 0.5) is 0 Å². The summed E-state index contributed by atoms with van der Waals surface area (Å²) in [6, 6.07) is 4.14. The first-order chi connectivity index (χ1) is 7.41. The third kappa shape index (κ3) is 2.90. The molecule has 1 aromatic carbocycles. The van der Waals surface area contributed by atoms with Gasteiger partial charge in [-0.25, -0.2) is 0 Å². The fourth-order valence-corrected chi connectivity index (χ4v) is 1.49. The van der Waals surface area contributed by atoms with E-state index in [1.54, 1.807) is 0 Å². The molecule has 1 rings (SSSR count). The zero-order valence-corrected chi connectivity index (χ0v) is 9.38. The van der Waals surface area contributed by atoms with Gasteiger partial charge in [-0.05, 0) is 19.1 Å². The first-order valence-electron chi connectivity index (χ1n) is 4.54. The van der Waals surface area contributed by atoms with Crippen LogP contribution in [0.3, 0.4) is 0 Å². The number of hydrogen-bond donors (Lipinski definition) is 1. The number of primary amides is 1.